The highest BCUT2D eigenvalue weighted by Gasteiger charge is 2.24. The number of anilines is 1. The Morgan fingerprint density at radius 2 is 2.21 bits per heavy atom. The Morgan fingerprint density at radius 3 is 2.90 bits per heavy atom. The van der Waals surface area contributed by atoms with Crippen LogP contribution >= 0.6 is 11.3 Å². The Morgan fingerprint density at radius 1 is 1.38 bits per heavy atom. The molecule has 2 amide bonds. The smallest absolute Gasteiger partial charge is 0.387 e. The van der Waals surface area contributed by atoms with E-state index in [9.17, 15) is 18.4 Å². The number of hydrogen-bond donors (Lipinski definition) is 1. The quantitative estimate of drug-likeness (QED) is 0.668. The molecule has 3 rings (SSSR count). The Kier molecular flexibility index (Phi) is 6.97. The van der Waals surface area contributed by atoms with Crippen LogP contribution < -0.4 is 19.7 Å². The first kappa shape index (κ1) is 21.0. The summed E-state index contributed by atoms with van der Waals surface area (Å²) in [5.74, 6) is 0.0314. The highest BCUT2D eigenvalue weighted by molar-refractivity contribution is 7.14. The van der Waals surface area contributed by atoms with Crippen molar-refractivity contribution >= 4 is 28.3 Å². The van der Waals surface area contributed by atoms with Gasteiger partial charge in [-0.2, -0.15) is 8.78 Å². The summed E-state index contributed by atoms with van der Waals surface area (Å²) >= 11 is 1.35. The summed E-state index contributed by atoms with van der Waals surface area (Å²) in [7, 11) is 1.37. The SMILES string of the molecule is COc1ccc(CCNC(=O)Cc2csc(N3CCCC3=O)n2)cc1OC(F)F. The largest absolute Gasteiger partial charge is 0.493 e. The van der Waals surface area contributed by atoms with Crippen LogP contribution in [0.25, 0.3) is 0 Å². The third kappa shape index (κ3) is 5.63. The van der Waals surface area contributed by atoms with Crippen LogP contribution in [0.2, 0.25) is 0 Å². The zero-order valence-electron chi connectivity index (χ0n) is 15.8. The lowest BCUT2D eigenvalue weighted by Crippen LogP contribution is -2.27. The lowest BCUT2D eigenvalue weighted by Gasteiger charge is -2.12. The topological polar surface area (TPSA) is 80.8 Å². The van der Waals surface area contributed by atoms with Gasteiger partial charge in [0, 0.05) is 24.9 Å². The standard InChI is InChI=1S/C19H21F2N3O4S/c1-27-14-5-4-12(9-15(14)28-18(20)21)6-7-22-16(25)10-13-11-29-19(23-13)24-8-2-3-17(24)26/h4-5,9,11,18H,2-3,6-8,10H2,1H3,(H,22,25). The van der Waals surface area contributed by atoms with Gasteiger partial charge in [0.05, 0.1) is 19.2 Å². The van der Waals surface area contributed by atoms with Gasteiger partial charge < -0.3 is 14.8 Å². The summed E-state index contributed by atoms with van der Waals surface area (Å²) < 4.78 is 34.4. The molecular formula is C19H21F2N3O4S. The molecule has 0 aliphatic carbocycles. The van der Waals surface area contributed by atoms with Gasteiger partial charge in [0.25, 0.3) is 0 Å². The van der Waals surface area contributed by atoms with E-state index in [4.69, 9.17) is 4.74 Å². The van der Waals surface area contributed by atoms with E-state index in [1.54, 1.807) is 22.4 Å². The fourth-order valence-corrected chi connectivity index (χ4v) is 3.86. The van der Waals surface area contributed by atoms with Crippen LogP contribution in [0, 0.1) is 0 Å². The van der Waals surface area contributed by atoms with E-state index in [0.717, 1.165) is 12.0 Å². The third-order valence-corrected chi connectivity index (χ3v) is 5.28. The number of nitrogens with one attached hydrogen (secondary N) is 1. The van der Waals surface area contributed by atoms with Crippen LogP contribution in [0.15, 0.2) is 23.6 Å². The Labute approximate surface area is 170 Å². The fourth-order valence-electron chi connectivity index (χ4n) is 2.99. The Balaban J connectivity index is 1.49. The number of halogens is 2. The molecule has 10 heteroatoms. The molecule has 0 spiro atoms. The minimum Gasteiger partial charge on any atom is -0.493 e. The molecule has 1 aliphatic heterocycles. The van der Waals surface area contributed by atoms with Gasteiger partial charge in [-0.25, -0.2) is 4.98 Å². The number of benzene rings is 1. The number of methoxy groups -OCH3 is 1. The number of rotatable bonds is 9. The first-order valence-corrected chi connectivity index (χ1v) is 9.97. The molecule has 1 aromatic carbocycles. The summed E-state index contributed by atoms with van der Waals surface area (Å²) in [6.07, 6.45) is 1.91. The van der Waals surface area contributed by atoms with Gasteiger partial charge in [-0.3, -0.25) is 14.5 Å². The number of ether oxygens (including phenoxy) is 2. The van der Waals surface area contributed by atoms with E-state index in [-0.39, 0.29) is 29.7 Å². The minimum atomic E-state index is -2.95. The minimum absolute atomic E-state index is 0.0437. The summed E-state index contributed by atoms with van der Waals surface area (Å²) in [5, 5.41) is 5.18. The second-order valence-electron chi connectivity index (χ2n) is 6.41. The molecule has 156 valence electrons. The Bertz CT molecular complexity index is 875. The predicted octanol–water partition coefficient (Wildman–Crippen LogP) is 2.78. The molecule has 0 saturated carbocycles. The van der Waals surface area contributed by atoms with Crippen molar-refractivity contribution in [2.45, 2.75) is 32.3 Å². The molecule has 0 radical (unpaired) electrons. The third-order valence-electron chi connectivity index (χ3n) is 4.37. The molecule has 1 aliphatic rings. The average Bonchev–Trinajstić information content (AvgIpc) is 3.30. The molecule has 2 aromatic rings. The van der Waals surface area contributed by atoms with Crippen LogP contribution in [0.3, 0.4) is 0 Å². The number of carbonyl (C=O) groups excluding carboxylic acids is 2. The van der Waals surface area contributed by atoms with E-state index in [1.165, 1.54) is 24.5 Å². The van der Waals surface area contributed by atoms with Crippen molar-refractivity contribution < 1.29 is 27.8 Å². The van der Waals surface area contributed by atoms with Crippen LogP contribution in [-0.4, -0.2) is 43.6 Å². The second kappa shape index (κ2) is 9.64. The maximum atomic E-state index is 12.5. The lowest BCUT2D eigenvalue weighted by molar-refractivity contribution is -0.120. The van der Waals surface area contributed by atoms with E-state index < -0.39 is 6.61 Å². The first-order valence-electron chi connectivity index (χ1n) is 9.09. The van der Waals surface area contributed by atoms with E-state index >= 15 is 0 Å². The lowest BCUT2D eigenvalue weighted by atomic mass is 10.1. The molecule has 1 fully saturated rings. The van der Waals surface area contributed by atoms with E-state index in [2.05, 4.69) is 15.0 Å². The summed E-state index contributed by atoms with van der Waals surface area (Å²) in [6, 6.07) is 4.74. The molecule has 1 aromatic heterocycles. The number of hydrogen-bond acceptors (Lipinski definition) is 6. The van der Waals surface area contributed by atoms with Crippen LogP contribution in [0.1, 0.15) is 24.1 Å². The molecule has 1 saturated heterocycles. The van der Waals surface area contributed by atoms with Crippen LogP contribution in [-0.2, 0) is 22.4 Å². The predicted molar refractivity (Wildman–Crippen MR) is 104 cm³/mol. The number of carbonyl (C=O) groups is 2. The molecule has 1 N–H and O–H groups in total. The molecular weight excluding hydrogens is 404 g/mol. The molecule has 7 nitrogen and oxygen atoms in total. The number of aromatic nitrogens is 1. The van der Waals surface area contributed by atoms with Gasteiger partial charge in [-0.05, 0) is 30.5 Å². The number of alkyl halides is 2. The Hall–Kier alpha value is -2.75. The monoisotopic (exact) mass is 425 g/mol. The average molecular weight is 425 g/mol. The first-order chi connectivity index (χ1) is 14.0. The van der Waals surface area contributed by atoms with E-state index in [0.29, 0.717) is 36.8 Å². The van der Waals surface area contributed by atoms with Gasteiger partial charge in [0.2, 0.25) is 11.8 Å². The summed E-state index contributed by atoms with van der Waals surface area (Å²) in [4.78, 5) is 29.9. The van der Waals surface area contributed by atoms with Gasteiger partial charge in [-0.1, -0.05) is 6.07 Å². The molecule has 0 atom stereocenters. The van der Waals surface area contributed by atoms with Crippen molar-refractivity contribution in [1.29, 1.82) is 0 Å². The molecule has 29 heavy (non-hydrogen) atoms. The van der Waals surface area contributed by atoms with Crippen molar-refractivity contribution in [3.05, 3.63) is 34.8 Å². The van der Waals surface area contributed by atoms with Gasteiger partial charge >= 0.3 is 6.61 Å². The van der Waals surface area contributed by atoms with Crippen molar-refractivity contribution in [1.82, 2.24) is 10.3 Å². The van der Waals surface area contributed by atoms with E-state index in [1.807, 2.05) is 0 Å². The van der Waals surface area contributed by atoms with Gasteiger partial charge in [0.1, 0.15) is 0 Å². The molecule has 0 unspecified atom stereocenters. The second-order valence-corrected chi connectivity index (χ2v) is 7.25. The van der Waals surface area contributed by atoms with Gasteiger partial charge in [-0.15, -0.1) is 11.3 Å². The normalized spacial score (nSPS) is 13.8. The fraction of sp³-hybridized carbons (Fsp3) is 0.421. The van der Waals surface area contributed by atoms with Crippen molar-refractivity contribution in [3.8, 4) is 11.5 Å². The van der Waals surface area contributed by atoms with Crippen LogP contribution in [0.5, 0.6) is 11.5 Å². The maximum absolute atomic E-state index is 12.5. The van der Waals surface area contributed by atoms with Gasteiger partial charge in [0.15, 0.2) is 16.6 Å². The number of thiazole rings is 1. The molecule has 0 bridgehead atoms. The van der Waals surface area contributed by atoms with Crippen molar-refractivity contribution in [2.24, 2.45) is 0 Å². The zero-order valence-corrected chi connectivity index (χ0v) is 16.6. The maximum Gasteiger partial charge on any atom is 0.387 e. The van der Waals surface area contributed by atoms with Crippen LogP contribution in [0.4, 0.5) is 13.9 Å². The summed E-state index contributed by atoms with van der Waals surface area (Å²) in [6.45, 7) is -1.95. The molecule has 2 heterocycles. The zero-order chi connectivity index (χ0) is 20.8. The summed E-state index contributed by atoms with van der Waals surface area (Å²) in [5.41, 5.74) is 1.34. The highest BCUT2D eigenvalue weighted by Crippen LogP contribution is 2.29. The van der Waals surface area contributed by atoms with Crippen molar-refractivity contribution in [3.63, 3.8) is 0 Å². The highest BCUT2D eigenvalue weighted by atomic mass is 32.1. The number of amides is 2. The van der Waals surface area contributed by atoms with Crippen molar-refractivity contribution in [2.75, 3.05) is 25.1 Å². The number of nitrogens with zero attached hydrogens (tertiary/aromatic N) is 2.